The summed E-state index contributed by atoms with van der Waals surface area (Å²) >= 11 is 5.86. The summed E-state index contributed by atoms with van der Waals surface area (Å²) in [6, 6.07) is 12.7. The summed E-state index contributed by atoms with van der Waals surface area (Å²) in [5, 5.41) is 16.7. The Labute approximate surface area is 142 Å². The molecule has 0 bridgehead atoms. The zero-order valence-corrected chi connectivity index (χ0v) is 13.3. The smallest absolute Gasteiger partial charge is 0.269 e. The monoisotopic (exact) mass is 345 g/mol. The highest BCUT2D eigenvalue weighted by atomic mass is 35.5. The number of ether oxygens (including phenoxy) is 1. The maximum absolute atomic E-state index is 11.8. The van der Waals surface area contributed by atoms with E-state index in [0.29, 0.717) is 16.1 Å². The first-order valence-electron chi connectivity index (χ1n) is 7.01. The van der Waals surface area contributed by atoms with Crippen LogP contribution in [0, 0.1) is 10.1 Å². The van der Waals surface area contributed by atoms with Gasteiger partial charge in [0.2, 0.25) is 18.0 Å². The fourth-order valence-electron chi connectivity index (χ4n) is 2.25. The first-order chi connectivity index (χ1) is 11.5. The number of non-ortho nitro benzene ring substituents is 1. The summed E-state index contributed by atoms with van der Waals surface area (Å²) in [6.07, 6.45) is -0.769. The molecule has 8 heteroatoms. The lowest BCUT2D eigenvalue weighted by Gasteiger charge is -2.19. The van der Waals surface area contributed by atoms with Crippen molar-refractivity contribution in [1.82, 2.24) is 5.01 Å². The van der Waals surface area contributed by atoms with Crippen LogP contribution >= 0.6 is 11.6 Å². The number of benzene rings is 2. The molecule has 0 spiro atoms. The first-order valence-corrected chi connectivity index (χ1v) is 7.39. The molecule has 2 aromatic carbocycles. The van der Waals surface area contributed by atoms with E-state index in [9.17, 15) is 14.9 Å². The first kappa shape index (κ1) is 15.9. The minimum absolute atomic E-state index is 0.0371. The zero-order chi connectivity index (χ0) is 17.3. The van der Waals surface area contributed by atoms with Crippen molar-refractivity contribution in [3.8, 4) is 0 Å². The van der Waals surface area contributed by atoms with E-state index < -0.39 is 11.2 Å². The van der Waals surface area contributed by atoms with Crippen LogP contribution in [0.25, 0.3) is 0 Å². The van der Waals surface area contributed by atoms with Gasteiger partial charge in [-0.05, 0) is 36.4 Å². The lowest BCUT2D eigenvalue weighted by molar-refractivity contribution is -0.384. The van der Waals surface area contributed by atoms with Crippen LogP contribution in [0.4, 0.5) is 5.69 Å². The Morgan fingerprint density at radius 2 is 1.83 bits per heavy atom. The van der Waals surface area contributed by atoms with Gasteiger partial charge in [-0.2, -0.15) is 5.01 Å². The number of nitro benzene ring substituents is 1. The van der Waals surface area contributed by atoms with Gasteiger partial charge in [-0.3, -0.25) is 14.9 Å². The molecule has 1 unspecified atom stereocenters. The van der Waals surface area contributed by atoms with Crippen molar-refractivity contribution in [3.05, 3.63) is 74.8 Å². The summed E-state index contributed by atoms with van der Waals surface area (Å²) in [7, 11) is 0. The fraction of sp³-hybridized carbons (Fsp3) is 0.125. The molecule has 0 saturated carbocycles. The SMILES string of the molecule is CC(=O)N1N=C(c2ccc(Cl)cc2)OC1c1ccc([N+](=O)[O-])cc1. The quantitative estimate of drug-likeness (QED) is 0.629. The number of nitrogens with zero attached hydrogens (tertiary/aromatic N) is 3. The molecule has 3 rings (SSSR count). The van der Waals surface area contributed by atoms with Crippen LogP contribution in [0.1, 0.15) is 24.3 Å². The third-order valence-electron chi connectivity index (χ3n) is 3.45. The van der Waals surface area contributed by atoms with E-state index >= 15 is 0 Å². The highest BCUT2D eigenvalue weighted by Crippen LogP contribution is 2.31. The molecule has 7 nitrogen and oxygen atoms in total. The second kappa shape index (κ2) is 6.29. The number of halogens is 1. The average Bonchev–Trinajstić information content (AvgIpc) is 3.01. The van der Waals surface area contributed by atoms with Crippen molar-refractivity contribution in [2.75, 3.05) is 0 Å². The number of amides is 1. The van der Waals surface area contributed by atoms with Gasteiger partial charge in [0, 0.05) is 35.2 Å². The molecule has 0 fully saturated rings. The van der Waals surface area contributed by atoms with Crippen molar-refractivity contribution in [2.24, 2.45) is 5.10 Å². The van der Waals surface area contributed by atoms with E-state index in [-0.39, 0.29) is 17.5 Å². The van der Waals surface area contributed by atoms with Crippen LogP contribution < -0.4 is 0 Å². The molecule has 0 N–H and O–H groups in total. The number of nitro groups is 1. The van der Waals surface area contributed by atoms with Gasteiger partial charge in [0.05, 0.1) is 4.92 Å². The van der Waals surface area contributed by atoms with Crippen LogP contribution in [0.2, 0.25) is 5.02 Å². The molecule has 1 amide bonds. The van der Waals surface area contributed by atoms with Gasteiger partial charge in [0.15, 0.2) is 0 Å². The Balaban J connectivity index is 1.90. The van der Waals surface area contributed by atoms with E-state index in [1.807, 2.05) is 0 Å². The number of carbonyl (C=O) groups excluding carboxylic acids is 1. The normalized spacial score (nSPS) is 16.5. The van der Waals surface area contributed by atoms with Crippen molar-refractivity contribution in [3.63, 3.8) is 0 Å². The van der Waals surface area contributed by atoms with Gasteiger partial charge in [-0.25, -0.2) is 0 Å². The van der Waals surface area contributed by atoms with Crippen LogP contribution in [0.3, 0.4) is 0 Å². The molecular formula is C16H12ClN3O4. The van der Waals surface area contributed by atoms with Gasteiger partial charge < -0.3 is 4.74 Å². The van der Waals surface area contributed by atoms with Gasteiger partial charge in [-0.15, -0.1) is 5.10 Å². The van der Waals surface area contributed by atoms with Gasteiger partial charge >= 0.3 is 0 Å². The molecule has 1 aliphatic heterocycles. The molecule has 0 aliphatic carbocycles. The summed E-state index contributed by atoms with van der Waals surface area (Å²) < 4.78 is 5.79. The van der Waals surface area contributed by atoms with Gasteiger partial charge in [-0.1, -0.05) is 11.6 Å². The van der Waals surface area contributed by atoms with E-state index in [4.69, 9.17) is 16.3 Å². The highest BCUT2D eigenvalue weighted by Gasteiger charge is 2.33. The lowest BCUT2D eigenvalue weighted by atomic mass is 10.1. The molecule has 0 aromatic heterocycles. The van der Waals surface area contributed by atoms with E-state index in [0.717, 1.165) is 0 Å². The number of hydrazone groups is 1. The van der Waals surface area contributed by atoms with Crippen molar-refractivity contribution in [2.45, 2.75) is 13.2 Å². The highest BCUT2D eigenvalue weighted by molar-refractivity contribution is 6.30. The number of rotatable bonds is 3. The molecular weight excluding hydrogens is 334 g/mol. The zero-order valence-electron chi connectivity index (χ0n) is 12.5. The molecule has 2 aromatic rings. The Hall–Kier alpha value is -2.93. The molecule has 24 heavy (non-hydrogen) atoms. The van der Waals surface area contributed by atoms with Crippen molar-refractivity contribution < 1.29 is 14.5 Å². The van der Waals surface area contributed by atoms with Crippen LogP contribution in [-0.4, -0.2) is 21.7 Å². The second-order valence-electron chi connectivity index (χ2n) is 5.09. The maximum Gasteiger partial charge on any atom is 0.269 e. The number of hydrogen-bond donors (Lipinski definition) is 0. The minimum atomic E-state index is -0.769. The van der Waals surface area contributed by atoms with E-state index in [2.05, 4.69) is 5.10 Å². The summed E-state index contributed by atoms with van der Waals surface area (Å²) in [6.45, 7) is 1.37. The van der Waals surface area contributed by atoms with E-state index in [1.165, 1.54) is 24.1 Å². The number of hydrogen-bond acceptors (Lipinski definition) is 5. The third-order valence-corrected chi connectivity index (χ3v) is 3.70. The second-order valence-corrected chi connectivity index (χ2v) is 5.53. The fourth-order valence-corrected chi connectivity index (χ4v) is 2.38. The van der Waals surface area contributed by atoms with Crippen molar-refractivity contribution in [1.29, 1.82) is 0 Å². The minimum Gasteiger partial charge on any atom is -0.446 e. The standard InChI is InChI=1S/C16H12ClN3O4/c1-10(21)19-16(12-4-8-14(9-5-12)20(22)23)24-15(18-19)11-2-6-13(17)7-3-11/h2-9,16H,1H3. The lowest BCUT2D eigenvalue weighted by Crippen LogP contribution is -2.25. The molecule has 0 radical (unpaired) electrons. The van der Waals surface area contributed by atoms with Crippen molar-refractivity contribution >= 4 is 29.1 Å². The Bertz CT molecular complexity index is 818. The van der Waals surface area contributed by atoms with Crippen LogP contribution in [0.5, 0.6) is 0 Å². The number of carbonyl (C=O) groups is 1. The summed E-state index contributed by atoms with van der Waals surface area (Å²) in [5.74, 6) is -0.0208. The summed E-state index contributed by atoms with van der Waals surface area (Å²) in [5.41, 5.74) is 1.23. The molecule has 1 atom stereocenters. The Kier molecular flexibility index (Phi) is 4.18. The Morgan fingerprint density at radius 3 is 2.38 bits per heavy atom. The van der Waals surface area contributed by atoms with E-state index in [1.54, 1.807) is 36.4 Å². The van der Waals surface area contributed by atoms with Gasteiger partial charge in [0.25, 0.3) is 5.69 Å². The largest absolute Gasteiger partial charge is 0.446 e. The summed E-state index contributed by atoms with van der Waals surface area (Å²) in [4.78, 5) is 22.1. The van der Waals surface area contributed by atoms with Crippen LogP contribution in [0.15, 0.2) is 53.6 Å². The third kappa shape index (κ3) is 3.07. The predicted molar refractivity (Wildman–Crippen MR) is 87.4 cm³/mol. The Morgan fingerprint density at radius 1 is 1.21 bits per heavy atom. The molecule has 122 valence electrons. The molecule has 0 saturated heterocycles. The maximum atomic E-state index is 11.8. The van der Waals surface area contributed by atoms with Crippen LogP contribution in [-0.2, 0) is 9.53 Å². The molecule has 1 aliphatic rings. The molecule has 1 heterocycles. The predicted octanol–water partition coefficient (Wildman–Crippen LogP) is 3.49. The van der Waals surface area contributed by atoms with Gasteiger partial charge in [0.1, 0.15) is 0 Å². The average molecular weight is 346 g/mol. The topological polar surface area (TPSA) is 85.0 Å².